The van der Waals surface area contributed by atoms with Gasteiger partial charge in [0.05, 0.1) is 16.8 Å². The molecule has 0 fully saturated rings. The second-order valence-corrected chi connectivity index (χ2v) is 10.9. The first-order chi connectivity index (χ1) is 21.3. The summed E-state index contributed by atoms with van der Waals surface area (Å²) in [4.78, 5) is 2.33. The summed E-state index contributed by atoms with van der Waals surface area (Å²) >= 11 is 0. The average Bonchev–Trinajstić information content (AvgIpc) is 3.65. The van der Waals surface area contributed by atoms with Crippen molar-refractivity contribution in [2.75, 3.05) is 4.90 Å². The quantitative estimate of drug-likeness (QED) is 0.218. The Morgan fingerprint density at radius 2 is 1.09 bits per heavy atom. The number of para-hydroxylation sites is 2. The van der Waals surface area contributed by atoms with E-state index in [4.69, 9.17) is 8.83 Å². The molecule has 7 aromatic carbocycles. The number of anilines is 3. The SMILES string of the molecule is c1ccc(-c2ccc(N(c3ccc4ccccc4c3)c3cccc4oc5ccccc5c34)c3oc4ccccc4c23)cc1. The number of hydrogen-bond donors (Lipinski definition) is 0. The molecule has 0 saturated carbocycles. The van der Waals surface area contributed by atoms with Gasteiger partial charge in [-0.1, -0.05) is 109 Å². The lowest BCUT2D eigenvalue weighted by atomic mass is 9.98. The fraction of sp³-hybridized carbons (Fsp3) is 0. The van der Waals surface area contributed by atoms with E-state index in [1.54, 1.807) is 0 Å². The Kier molecular flexibility index (Phi) is 5.20. The van der Waals surface area contributed by atoms with Crippen molar-refractivity contribution >= 4 is 71.7 Å². The zero-order valence-electron chi connectivity index (χ0n) is 23.2. The van der Waals surface area contributed by atoms with Crippen molar-refractivity contribution in [1.82, 2.24) is 0 Å². The third kappa shape index (κ3) is 3.68. The van der Waals surface area contributed by atoms with Crippen molar-refractivity contribution in [3.05, 3.63) is 152 Å². The first-order valence-electron chi connectivity index (χ1n) is 14.5. The van der Waals surface area contributed by atoms with E-state index in [-0.39, 0.29) is 0 Å². The van der Waals surface area contributed by atoms with E-state index >= 15 is 0 Å². The van der Waals surface area contributed by atoms with Gasteiger partial charge in [-0.3, -0.25) is 0 Å². The molecule has 0 spiro atoms. The maximum absolute atomic E-state index is 6.77. The summed E-state index contributed by atoms with van der Waals surface area (Å²) in [7, 11) is 0. The van der Waals surface area contributed by atoms with Crippen LogP contribution in [0.2, 0.25) is 0 Å². The molecule has 3 heteroatoms. The molecule has 0 aliphatic heterocycles. The highest BCUT2D eigenvalue weighted by molar-refractivity contribution is 6.19. The Bertz CT molecular complexity index is 2470. The fourth-order valence-electron chi connectivity index (χ4n) is 6.51. The topological polar surface area (TPSA) is 29.5 Å². The van der Waals surface area contributed by atoms with Gasteiger partial charge in [-0.2, -0.15) is 0 Å². The Hall–Kier alpha value is -5.80. The van der Waals surface area contributed by atoms with Gasteiger partial charge in [0.2, 0.25) is 0 Å². The zero-order valence-corrected chi connectivity index (χ0v) is 23.2. The Morgan fingerprint density at radius 1 is 0.419 bits per heavy atom. The van der Waals surface area contributed by atoms with Crippen LogP contribution in [0.4, 0.5) is 17.1 Å². The van der Waals surface area contributed by atoms with Crippen LogP contribution in [0.25, 0.3) is 65.8 Å². The number of benzene rings is 7. The molecule has 0 aliphatic carbocycles. The number of furan rings is 2. The van der Waals surface area contributed by atoms with Gasteiger partial charge >= 0.3 is 0 Å². The summed E-state index contributed by atoms with van der Waals surface area (Å²) in [5.74, 6) is 0. The lowest BCUT2D eigenvalue weighted by Gasteiger charge is -2.27. The third-order valence-corrected chi connectivity index (χ3v) is 8.44. The molecule has 0 atom stereocenters. The van der Waals surface area contributed by atoms with Gasteiger partial charge in [-0.25, -0.2) is 0 Å². The summed E-state index contributed by atoms with van der Waals surface area (Å²) in [5.41, 5.74) is 8.80. The first kappa shape index (κ1) is 23.9. The summed E-state index contributed by atoms with van der Waals surface area (Å²) in [5, 5.41) is 6.74. The molecule has 2 aromatic heterocycles. The second-order valence-electron chi connectivity index (χ2n) is 10.9. The van der Waals surface area contributed by atoms with E-state index in [0.717, 1.165) is 72.1 Å². The number of rotatable bonds is 4. The lowest BCUT2D eigenvalue weighted by molar-refractivity contribution is 0.668. The fourth-order valence-corrected chi connectivity index (χ4v) is 6.51. The summed E-state index contributed by atoms with van der Waals surface area (Å²) in [6.45, 7) is 0. The molecule has 0 saturated heterocycles. The Morgan fingerprint density at radius 3 is 1.93 bits per heavy atom. The highest BCUT2D eigenvalue weighted by atomic mass is 16.3. The largest absolute Gasteiger partial charge is 0.456 e. The molecular formula is C40H25NO2. The lowest BCUT2D eigenvalue weighted by Crippen LogP contribution is -2.11. The maximum Gasteiger partial charge on any atom is 0.160 e. The summed E-state index contributed by atoms with van der Waals surface area (Å²) < 4.78 is 13.1. The van der Waals surface area contributed by atoms with Gasteiger partial charge in [-0.05, 0) is 64.4 Å². The molecule has 0 bridgehead atoms. The van der Waals surface area contributed by atoms with Crippen molar-refractivity contribution in [3.63, 3.8) is 0 Å². The minimum Gasteiger partial charge on any atom is -0.456 e. The van der Waals surface area contributed by atoms with E-state index < -0.39 is 0 Å². The van der Waals surface area contributed by atoms with E-state index in [9.17, 15) is 0 Å². The molecular weight excluding hydrogens is 526 g/mol. The Labute approximate surface area is 247 Å². The van der Waals surface area contributed by atoms with Gasteiger partial charge in [0.1, 0.15) is 16.7 Å². The Balaban J connectivity index is 1.41. The third-order valence-electron chi connectivity index (χ3n) is 8.44. The van der Waals surface area contributed by atoms with Crippen molar-refractivity contribution in [2.24, 2.45) is 0 Å². The summed E-state index contributed by atoms with van der Waals surface area (Å²) in [6.07, 6.45) is 0. The average molecular weight is 552 g/mol. The maximum atomic E-state index is 6.77. The van der Waals surface area contributed by atoms with Gasteiger partial charge in [0.25, 0.3) is 0 Å². The van der Waals surface area contributed by atoms with E-state index in [2.05, 4.69) is 132 Å². The van der Waals surface area contributed by atoms with Crippen LogP contribution in [0.1, 0.15) is 0 Å². The normalized spacial score (nSPS) is 11.7. The van der Waals surface area contributed by atoms with Crippen LogP contribution in [0, 0.1) is 0 Å². The molecule has 9 rings (SSSR count). The molecule has 0 radical (unpaired) electrons. The molecule has 0 unspecified atom stereocenters. The number of fused-ring (bicyclic) bond motifs is 7. The van der Waals surface area contributed by atoms with Crippen molar-refractivity contribution in [1.29, 1.82) is 0 Å². The summed E-state index contributed by atoms with van der Waals surface area (Å²) in [6, 6.07) is 53.0. The highest BCUT2D eigenvalue weighted by Crippen LogP contribution is 2.48. The molecule has 3 nitrogen and oxygen atoms in total. The molecule has 2 heterocycles. The molecule has 9 aromatic rings. The van der Waals surface area contributed by atoms with Gasteiger partial charge in [0.15, 0.2) is 5.58 Å². The van der Waals surface area contributed by atoms with Gasteiger partial charge in [0, 0.05) is 21.8 Å². The smallest absolute Gasteiger partial charge is 0.160 e. The van der Waals surface area contributed by atoms with Gasteiger partial charge in [-0.15, -0.1) is 0 Å². The predicted octanol–water partition coefficient (Wildman–Crippen LogP) is 11.8. The van der Waals surface area contributed by atoms with Crippen molar-refractivity contribution in [3.8, 4) is 11.1 Å². The van der Waals surface area contributed by atoms with Crippen molar-refractivity contribution in [2.45, 2.75) is 0 Å². The predicted molar refractivity (Wildman–Crippen MR) is 179 cm³/mol. The van der Waals surface area contributed by atoms with E-state index in [1.807, 2.05) is 24.3 Å². The number of nitrogens with zero attached hydrogens (tertiary/aromatic N) is 1. The molecule has 0 amide bonds. The van der Waals surface area contributed by atoms with Crippen LogP contribution in [-0.4, -0.2) is 0 Å². The molecule has 0 aliphatic rings. The molecule has 202 valence electrons. The van der Waals surface area contributed by atoms with E-state index in [0.29, 0.717) is 0 Å². The first-order valence-corrected chi connectivity index (χ1v) is 14.5. The van der Waals surface area contributed by atoms with E-state index in [1.165, 1.54) is 10.8 Å². The standard InChI is InChI=1S/C40H25NO2/c1-2-12-27(13-3-1)30-23-24-34(40-38(30)31-15-6-9-19-36(31)43-40)41(29-22-21-26-11-4-5-14-28(26)25-29)33-17-10-20-37-39(33)32-16-7-8-18-35(32)42-37/h1-25H. The van der Waals surface area contributed by atoms with Crippen LogP contribution < -0.4 is 4.90 Å². The van der Waals surface area contributed by atoms with Gasteiger partial charge < -0.3 is 13.7 Å². The van der Waals surface area contributed by atoms with Crippen LogP contribution in [-0.2, 0) is 0 Å². The molecule has 0 N–H and O–H groups in total. The van der Waals surface area contributed by atoms with Crippen LogP contribution >= 0.6 is 0 Å². The van der Waals surface area contributed by atoms with Crippen LogP contribution in [0.3, 0.4) is 0 Å². The van der Waals surface area contributed by atoms with Crippen LogP contribution in [0.15, 0.2) is 160 Å². The molecule has 43 heavy (non-hydrogen) atoms. The minimum atomic E-state index is 0.848. The minimum absolute atomic E-state index is 0.848. The zero-order chi connectivity index (χ0) is 28.3. The highest BCUT2D eigenvalue weighted by Gasteiger charge is 2.24. The second kappa shape index (κ2) is 9.37. The monoisotopic (exact) mass is 551 g/mol. The van der Waals surface area contributed by atoms with Crippen LogP contribution in [0.5, 0.6) is 0 Å². The number of hydrogen-bond acceptors (Lipinski definition) is 3. The van der Waals surface area contributed by atoms with Crippen molar-refractivity contribution < 1.29 is 8.83 Å².